The summed E-state index contributed by atoms with van der Waals surface area (Å²) in [6, 6.07) is 11.3. The van der Waals surface area contributed by atoms with Gasteiger partial charge in [-0.05, 0) is 36.2 Å². The van der Waals surface area contributed by atoms with E-state index < -0.39 is 6.10 Å². The Labute approximate surface area is 139 Å². The van der Waals surface area contributed by atoms with Gasteiger partial charge in [-0.1, -0.05) is 28.9 Å². The highest BCUT2D eigenvalue weighted by Gasteiger charge is 2.28. The van der Waals surface area contributed by atoms with Crippen molar-refractivity contribution in [1.29, 1.82) is 0 Å². The third-order valence-corrected chi connectivity index (χ3v) is 3.85. The lowest BCUT2D eigenvalue weighted by atomic mass is 10.1. The van der Waals surface area contributed by atoms with Crippen molar-refractivity contribution in [1.82, 2.24) is 10.3 Å². The van der Waals surface area contributed by atoms with Gasteiger partial charge < -0.3 is 10.2 Å². The van der Waals surface area contributed by atoms with Gasteiger partial charge in [-0.3, -0.25) is 9.78 Å². The summed E-state index contributed by atoms with van der Waals surface area (Å²) in [4.78, 5) is 21.3. The Kier molecular flexibility index (Phi) is 4.88. The number of hydrogen-bond acceptors (Lipinski definition) is 4. The minimum Gasteiger partial charge on any atom is -0.382 e. The monoisotopic (exact) mass is 329 g/mol. The van der Waals surface area contributed by atoms with Crippen molar-refractivity contribution in [3.63, 3.8) is 0 Å². The van der Waals surface area contributed by atoms with E-state index in [1.54, 1.807) is 12.4 Å². The van der Waals surface area contributed by atoms with Gasteiger partial charge in [0.2, 0.25) is 6.10 Å². The molecular formula is C17H16ClN3O2. The van der Waals surface area contributed by atoms with Gasteiger partial charge in [0.05, 0.1) is 5.71 Å². The van der Waals surface area contributed by atoms with Crippen molar-refractivity contribution >= 4 is 23.2 Å². The van der Waals surface area contributed by atoms with E-state index in [9.17, 15) is 4.79 Å². The number of amides is 1. The van der Waals surface area contributed by atoms with Gasteiger partial charge in [-0.25, -0.2) is 0 Å². The molecule has 1 N–H and O–H groups in total. The first-order chi connectivity index (χ1) is 11.2. The average Bonchev–Trinajstić information content (AvgIpc) is 3.07. The molecular weight excluding hydrogens is 314 g/mol. The number of carbonyl (C=O) groups is 1. The van der Waals surface area contributed by atoms with Gasteiger partial charge in [-0.2, -0.15) is 0 Å². The Bertz CT molecular complexity index is 702. The summed E-state index contributed by atoms with van der Waals surface area (Å²) in [6.45, 7) is 0.547. The summed E-state index contributed by atoms with van der Waals surface area (Å²) in [5.74, 6) is -0.147. The van der Waals surface area contributed by atoms with E-state index in [1.807, 2.05) is 36.4 Å². The molecule has 3 rings (SSSR count). The summed E-state index contributed by atoms with van der Waals surface area (Å²) in [5.41, 5.74) is 2.82. The lowest BCUT2D eigenvalue weighted by molar-refractivity contribution is -0.131. The summed E-state index contributed by atoms with van der Waals surface area (Å²) >= 11 is 5.84. The minimum atomic E-state index is -0.566. The molecule has 0 saturated heterocycles. The predicted octanol–water partition coefficient (Wildman–Crippen LogP) is 2.59. The van der Waals surface area contributed by atoms with Crippen LogP contribution < -0.4 is 5.32 Å². The molecule has 1 aliphatic heterocycles. The van der Waals surface area contributed by atoms with E-state index in [4.69, 9.17) is 16.4 Å². The highest BCUT2D eigenvalue weighted by atomic mass is 35.5. The highest BCUT2D eigenvalue weighted by molar-refractivity contribution is 6.30. The Morgan fingerprint density at radius 1 is 1.22 bits per heavy atom. The van der Waals surface area contributed by atoms with Crippen LogP contribution in [-0.2, 0) is 16.1 Å². The molecule has 0 bridgehead atoms. The number of nitrogens with one attached hydrogen (secondary N) is 1. The van der Waals surface area contributed by atoms with Gasteiger partial charge in [0.25, 0.3) is 5.91 Å². The van der Waals surface area contributed by atoms with Gasteiger partial charge >= 0.3 is 0 Å². The highest BCUT2D eigenvalue weighted by Crippen LogP contribution is 2.16. The lowest BCUT2D eigenvalue weighted by Gasteiger charge is -2.09. The number of benzene rings is 1. The summed E-state index contributed by atoms with van der Waals surface area (Å²) in [5, 5.41) is 7.58. The molecule has 0 radical (unpaired) electrons. The molecule has 6 heteroatoms. The molecule has 0 spiro atoms. The second-order valence-corrected chi connectivity index (χ2v) is 5.68. The standard InChI is InChI=1S/C17H16ClN3O2/c18-14-3-1-12(2-4-14)5-10-20-17(22)16-11-15(21-23-16)13-6-8-19-9-7-13/h1-4,6-9,16H,5,10-11H2,(H,20,22). The zero-order valence-corrected chi connectivity index (χ0v) is 13.2. The van der Waals surface area contributed by atoms with Crippen molar-refractivity contribution in [2.75, 3.05) is 6.54 Å². The fourth-order valence-corrected chi connectivity index (χ4v) is 2.45. The van der Waals surface area contributed by atoms with Crippen molar-refractivity contribution in [3.8, 4) is 0 Å². The average molecular weight is 330 g/mol. The molecule has 1 aliphatic rings. The molecule has 2 aromatic rings. The van der Waals surface area contributed by atoms with Crippen LogP contribution in [0.1, 0.15) is 17.5 Å². The van der Waals surface area contributed by atoms with Crippen LogP contribution in [0.3, 0.4) is 0 Å². The number of carbonyl (C=O) groups excluding carboxylic acids is 1. The summed E-state index contributed by atoms with van der Waals surface area (Å²) in [6.07, 6.45) is 4.03. The van der Waals surface area contributed by atoms with Crippen molar-refractivity contribution in [2.24, 2.45) is 5.16 Å². The van der Waals surface area contributed by atoms with E-state index in [1.165, 1.54) is 0 Å². The number of hydrogen-bond donors (Lipinski definition) is 1. The minimum absolute atomic E-state index is 0.147. The topological polar surface area (TPSA) is 63.6 Å². The largest absolute Gasteiger partial charge is 0.382 e. The molecule has 1 amide bonds. The number of aromatic nitrogens is 1. The molecule has 23 heavy (non-hydrogen) atoms. The number of oxime groups is 1. The van der Waals surface area contributed by atoms with Crippen LogP contribution >= 0.6 is 11.6 Å². The Balaban J connectivity index is 1.46. The number of pyridine rings is 1. The quantitative estimate of drug-likeness (QED) is 0.917. The van der Waals surface area contributed by atoms with E-state index in [-0.39, 0.29) is 5.91 Å². The van der Waals surface area contributed by atoms with E-state index in [2.05, 4.69) is 15.5 Å². The Morgan fingerprint density at radius 2 is 1.96 bits per heavy atom. The number of halogens is 1. The molecule has 1 atom stereocenters. The number of rotatable bonds is 5. The molecule has 1 unspecified atom stereocenters. The second kappa shape index (κ2) is 7.24. The summed E-state index contributed by atoms with van der Waals surface area (Å²) < 4.78 is 0. The van der Waals surface area contributed by atoms with E-state index >= 15 is 0 Å². The van der Waals surface area contributed by atoms with Gasteiger partial charge in [0.1, 0.15) is 0 Å². The first kappa shape index (κ1) is 15.5. The maximum atomic E-state index is 12.1. The molecule has 118 valence electrons. The molecule has 1 aromatic carbocycles. The molecule has 0 aliphatic carbocycles. The van der Waals surface area contributed by atoms with Crippen LogP contribution in [0.4, 0.5) is 0 Å². The Morgan fingerprint density at radius 3 is 2.70 bits per heavy atom. The zero-order chi connectivity index (χ0) is 16.1. The van der Waals surface area contributed by atoms with Crippen molar-refractivity contribution < 1.29 is 9.63 Å². The molecule has 0 saturated carbocycles. The molecule has 1 aromatic heterocycles. The van der Waals surface area contributed by atoms with Gasteiger partial charge in [-0.15, -0.1) is 0 Å². The van der Waals surface area contributed by atoms with Crippen LogP contribution in [0.5, 0.6) is 0 Å². The first-order valence-corrected chi connectivity index (χ1v) is 7.75. The van der Waals surface area contributed by atoms with E-state index in [0.717, 1.165) is 23.3 Å². The van der Waals surface area contributed by atoms with Crippen LogP contribution in [0.15, 0.2) is 53.9 Å². The maximum Gasteiger partial charge on any atom is 0.264 e. The van der Waals surface area contributed by atoms with Crippen LogP contribution in [0.2, 0.25) is 5.02 Å². The van der Waals surface area contributed by atoms with E-state index in [0.29, 0.717) is 18.0 Å². The van der Waals surface area contributed by atoms with Crippen LogP contribution in [0.25, 0.3) is 0 Å². The molecule has 0 fully saturated rings. The Hall–Kier alpha value is -2.40. The first-order valence-electron chi connectivity index (χ1n) is 7.37. The smallest absolute Gasteiger partial charge is 0.264 e. The lowest BCUT2D eigenvalue weighted by Crippen LogP contribution is -2.36. The fraction of sp³-hybridized carbons (Fsp3) is 0.235. The summed E-state index contributed by atoms with van der Waals surface area (Å²) in [7, 11) is 0. The zero-order valence-electron chi connectivity index (χ0n) is 12.4. The van der Waals surface area contributed by atoms with Gasteiger partial charge in [0.15, 0.2) is 0 Å². The fourth-order valence-electron chi connectivity index (χ4n) is 2.33. The van der Waals surface area contributed by atoms with Crippen molar-refractivity contribution in [3.05, 3.63) is 64.9 Å². The third-order valence-electron chi connectivity index (χ3n) is 3.60. The van der Waals surface area contributed by atoms with Crippen LogP contribution in [0, 0.1) is 0 Å². The normalized spacial score (nSPS) is 16.6. The molecule has 2 heterocycles. The van der Waals surface area contributed by atoms with Gasteiger partial charge in [0, 0.05) is 35.9 Å². The SMILES string of the molecule is O=C(NCCc1ccc(Cl)cc1)C1CC(c2ccncc2)=NO1. The maximum absolute atomic E-state index is 12.1. The van der Waals surface area contributed by atoms with Crippen LogP contribution in [-0.4, -0.2) is 29.3 Å². The third kappa shape index (κ3) is 4.07. The van der Waals surface area contributed by atoms with Crippen molar-refractivity contribution in [2.45, 2.75) is 18.9 Å². The predicted molar refractivity (Wildman–Crippen MR) is 88.4 cm³/mol. The second-order valence-electron chi connectivity index (χ2n) is 5.24. The number of nitrogens with zero attached hydrogens (tertiary/aromatic N) is 2. The molecule has 5 nitrogen and oxygen atoms in total.